The second kappa shape index (κ2) is 10.1. The van der Waals surface area contributed by atoms with Gasteiger partial charge in [-0.05, 0) is 81.2 Å². The summed E-state index contributed by atoms with van der Waals surface area (Å²) in [6.07, 6.45) is 5.40. The number of aliphatic hydroxyl groups excluding tert-OH is 1. The van der Waals surface area contributed by atoms with Gasteiger partial charge in [-0.3, -0.25) is 0 Å². The zero-order valence-corrected chi connectivity index (χ0v) is 20.1. The molecule has 0 amide bonds. The lowest BCUT2D eigenvalue weighted by Crippen LogP contribution is -2.43. The van der Waals surface area contributed by atoms with Crippen LogP contribution in [0.1, 0.15) is 37.7 Å². The highest BCUT2D eigenvalue weighted by atomic mass is 19.1. The molecule has 0 bridgehead atoms. The largest absolute Gasteiger partial charge is 0.507 e. The van der Waals surface area contributed by atoms with E-state index in [4.69, 9.17) is 10.5 Å². The number of piperidine rings is 1. The predicted octanol–water partition coefficient (Wildman–Crippen LogP) is 4.66. The number of hydrogen-bond donors (Lipinski definition) is 2. The number of hydrogen-bond acceptors (Lipinski definition) is 6. The summed E-state index contributed by atoms with van der Waals surface area (Å²) in [6.45, 7) is 4.68. The fraction of sp³-hybridized carbons (Fsp3) is 0.407. The molecule has 3 aliphatic heterocycles. The summed E-state index contributed by atoms with van der Waals surface area (Å²) in [4.78, 5) is 14.0. The van der Waals surface area contributed by atoms with Crippen LogP contribution in [-0.2, 0) is 0 Å². The van der Waals surface area contributed by atoms with E-state index >= 15 is 0 Å². The minimum Gasteiger partial charge on any atom is -0.507 e. The average Bonchev–Trinajstić information content (AvgIpc) is 3.54. The molecule has 2 fully saturated rings. The number of rotatable bonds is 5. The van der Waals surface area contributed by atoms with Crippen molar-refractivity contribution in [2.75, 3.05) is 38.2 Å². The van der Waals surface area contributed by atoms with E-state index in [9.17, 15) is 9.50 Å². The van der Waals surface area contributed by atoms with E-state index in [1.165, 1.54) is 63.7 Å². The molecule has 2 aromatic rings. The third kappa shape index (κ3) is 5.03. The number of anilines is 1. The third-order valence-corrected chi connectivity index (χ3v) is 7.20. The van der Waals surface area contributed by atoms with Crippen LogP contribution in [0, 0.1) is 5.82 Å². The Morgan fingerprint density at radius 3 is 2.46 bits per heavy atom. The van der Waals surface area contributed by atoms with Gasteiger partial charge in [0.1, 0.15) is 17.4 Å². The summed E-state index contributed by atoms with van der Waals surface area (Å²) in [5.74, 6) is 0.152. The van der Waals surface area contributed by atoms with Crippen LogP contribution in [0.5, 0.6) is 5.75 Å². The molecule has 3 N–H and O–H groups in total. The minimum atomic E-state index is -0.556. The molecule has 0 saturated carbocycles. The quantitative estimate of drug-likeness (QED) is 0.612. The first-order chi connectivity index (χ1) is 17.0. The fourth-order valence-electron chi connectivity index (χ4n) is 5.24. The molecule has 5 rings (SSSR count). The number of nitrogens with zero attached hydrogens (tertiary/aromatic N) is 4. The molecule has 2 aromatic carbocycles. The van der Waals surface area contributed by atoms with Crippen LogP contribution in [0.15, 0.2) is 58.0 Å². The van der Waals surface area contributed by atoms with Crippen molar-refractivity contribution in [2.45, 2.75) is 38.1 Å². The van der Waals surface area contributed by atoms with Crippen molar-refractivity contribution >= 4 is 28.8 Å². The van der Waals surface area contributed by atoms with Crippen molar-refractivity contribution in [1.82, 2.24) is 4.90 Å². The van der Waals surface area contributed by atoms with Gasteiger partial charge in [-0.15, -0.1) is 0 Å². The van der Waals surface area contributed by atoms with Crippen LogP contribution < -0.4 is 15.4 Å². The molecule has 3 aliphatic rings. The lowest BCUT2D eigenvalue weighted by atomic mass is 10.0. The van der Waals surface area contributed by atoms with E-state index in [0.717, 1.165) is 24.8 Å². The molecule has 35 heavy (non-hydrogen) atoms. The smallest absolute Gasteiger partial charge is 0.165 e. The first kappa shape index (κ1) is 23.4. The van der Waals surface area contributed by atoms with Gasteiger partial charge < -0.3 is 25.4 Å². The number of aliphatic imine (C=N–C) groups is 2. The SMILES string of the molecule is COc1ccc(/C(O)=C2/CC(=Nc3ccc(N4CCC(N5CCCC5)CC4)cc3)N=C2N)cc1F. The molecule has 0 atom stereocenters. The number of ether oxygens (including phenoxy) is 1. The van der Waals surface area contributed by atoms with Crippen LogP contribution >= 0.6 is 0 Å². The first-order valence-corrected chi connectivity index (χ1v) is 12.3. The van der Waals surface area contributed by atoms with E-state index in [1.807, 2.05) is 12.1 Å². The number of amidine groups is 2. The van der Waals surface area contributed by atoms with Gasteiger partial charge in [0, 0.05) is 42.4 Å². The molecule has 8 heteroatoms. The van der Waals surface area contributed by atoms with Crippen molar-refractivity contribution in [3.8, 4) is 5.75 Å². The summed E-state index contributed by atoms with van der Waals surface area (Å²) in [5, 5.41) is 10.7. The molecule has 0 spiro atoms. The Balaban J connectivity index is 1.24. The number of benzene rings is 2. The van der Waals surface area contributed by atoms with Crippen molar-refractivity contribution in [3.05, 3.63) is 59.4 Å². The lowest BCUT2D eigenvalue weighted by Gasteiger charge is -2.37. The second-order valence-corrected chi connectivity index (χ2v) is 9.36. The van der Waals surface area contributed by atoms with E-state index in [2.05, 4.69) is 31.9 Å². The van der Waals surface area contributed by atoms with Crippen LogP contribution in [0.2, 0.25) is 0 Å². The molecule has 0 aliphatic carbocycles. The fourth-order valence-corrected chi connectivity index (χ4v) is 5.24. The maximum Gasteiger partial charge on any atom is 0.165 e. The molecule has 184 valence electrons. The Morgan fingerprint density at radius 1 is 1.09 bits per heavy atom. The van der Waals surface area contributed by atoms with Crippen molar-refractivity contribution in [1.29, 1.82) is 0 Å². The Morgan fingerprint density at radius 2 is 1.80 bits per heavy atom. The number of nitrogens with two attached hydrogens (primary N) is 1. The van der Waals surface area contributed by atoms with E-state index in [-0.39, 0.29) is 23.8 Å². The van der Waals surface area contributed by atoms with Crippen molar-refractivity contribution in [3.63, 3.8) is 0 Å². The Kier molecular flexibility index (Phi) is 6.72. The summed E-state index contributed by atoms with van der Waals surface area (Å²) >= 11 is 0. The van der Waals surface area contributed by atoms with Crippen molar-refractivity contribution in [2.24, 2.45) is 15.7 Å². The molecule has 2 saturated heterocycles. The van der Waals surface area contributed by atoms with Gasteiger partial charge in [0.25, 0.3) is 0 Å². The Labute approximate surface area is 205 Å². The van der Waals surface area contributed by atoms with Crippen LogP contribution in [0.4, 0.5) is 15.8 Å². The van der Waals surface area contributed by atoms with Gasteiger partial charge >= 0.3 is 0 Å². The second-order valence-electron chi connectivity index (χ2n) is 9.36. The zero-order valence-electron chi connectivity index (χ0n) is 20.1. The molecule has 3 heterocycles. The molecule has 0 aromatic heterocycles. The molecule has 7 nitrogen and oxygen atoms in total. The number of likely N-dealkylation sites (tertiary alicyclic amines) is 1. The highest BCUT2D eigenvalue weighted by molar-refractivity contribution is 6.17. The van der Waals surface area contributed by atoms with Gasteiger partial charge in [0.05, 0.1) is 12.8 Å². The van der Waals surface area contributed by atoms with Gasteiger partial charge in [-0.2, -0.15) is 0 Å². The zero-order chi connectivity index (χ0) is 24.4. The normalized spacial score (nSPS) is 22.1. The van der Waals surface area contributed by atoms with E-state index in [0.29, 0.717) is 17.0 Å². The molecular weight excluding hydrogens is 445 g/mol. The minimum absolute atomic E-state index is 0.106. The summed E-state index contributed by atoms with van der Waals surface area (Å²) < 4.78 is 19.0. The topological polar surface area (TPSA) is 86.7 Å². The first-order valence-electron chi connectivity index (χ1n) is 12.3. The van der Waals surface area contributed by atoms with Gasteiger partial charge in [0.2, 0.25) is 0 Å². The van der Waals surface area contributed by atoms with Crippen molar-refractivity contribution < 1.29 is 14.2 Å². The Hall–Kier alpha value is -3.39. The molecule has 0 radical (unpaired) electrons. The summed E-state index contributed by atoms with van der Waals surface area (Å²) in [6, 6.07) is 13.2. The Bertz CT molecular complexity index is 1160. The van der Waals surface area contributed by atoms with Gasteiger partial charge in [-0.25, -0.2) is 14.4 Å². The number of aliphatic hydroxyl groups is 1. The van der Waals surface area contributed by atoms with Gasteiger partial charge in [-0.1, -0.05) is 0 Å². The highest BCUT2D eigenvalue weighted by Crippen LogP contribution is 2.29. The van der Waals surface area contributed by atoms with Crippen LogP contribution in [0.25, 0.3) is 5.76 Å². The van der Waals surface area contributed by atoms with E-state index < -0.39 is 5.82 Å². The number of methoxy groups -OCH3 is 1. The number of halogens is 1. The summed E-state index contributed by atoms with van der Waals surface area (Å²) in [5.41, 5.74) is 8.80. The van der Waals surface area contributed by atoms with Crippen LogP contribution in [0.3, 0.4) is 0 Å². The molecule has 0 unspecified atom stereocenters. The average molecular weight is 478 g/mol. The maximum absolute atomic E-state index is 14.1. The standard InChI is InChI=1S/C27H32FN5O2/c1-35-24-9-4-18(16-23(24)28)26(34)22-17-25(31-27(22)29)30-19-5-7-20(8-6-19)33-14-10-21(11-15-33)32-12-2-3-13-32/h4-9,16,21,34H,2-3,10-15,17H2,1H3,(H2,29,30,31)/b26-22+. The maximum atomic E-state index is 14.1. The lowest BCUT2D eigenvalue weighted by molar-refractivity contribution is 0.208. The highest BCUT2D eigenvalue weighted by Gasteiger charge is 2.26. The van der Waals surface area contributed by atoms with Crippen LogP contribution in [-0.4, -0.2) is 61.0 Å². The monoisotopic (exact) mass is 477 g/mol. The molecular formula is C27H32FN5O2. The third-order valence-electron chi connectivity index (χ3n) is 7.20. The van der Waals surface area contributed by atoms with Gasteiger partial charge in [0.15, 0.2) is 11.6 Å². The predicted molar refractivity (Wildman–Crippen MR) is 138 cm³/mol. The van der Waals surface area contributed by atoms with E-state index in [1.54, 1.807) is 6.07 Å². The summed E-state index contributed by atoms with van der Waals surface area (Å²) in [7, 11) is 1.39.